The number of benzene rings is 1. The fourth-order valence-electron chi connectivity index (χ4n) is 2.78. The topological polar surface area (TPSA) is 44.1 Å². The van der Waals surface area contributed by atoms with E-state index in [1.807, 2.05) is 30.5 Å². The molecule has 2 aromatic heterocycles. The highest BCUT2D eigenvalue weighted by molar-refractivity contribution is 5.80. The van der Waals surface area contributed by atoms with E-state index >= 15 is 0 Å². The zero-order valence-corrected chi connectivity index (χ0v) is 15.0. The van der Waals surface area contributed by atoms with Crippen molar-refractivity contribution < 1.29 is 4.74 Å². The quantitative estimate of drug-likeness (QED) is 0.657. The molecule has 0 fully saturated rings. The largest absolute Gasteiger partial charge is 0.494 e. The second-order valence-electron chi connectivity index (χ2n) is 7.26. The standard InChI is InChI=1S/C21H24N2O2/c1-21(2,3)17-6-4-7-18(14-17)25-13-5-11-23-12-9-16-8-10-22-15-19(16)20(23)24/h4,6-10,12,14-15H,5,11,13H2,1-3H3. The highest BCUT2D eigenvalue weighted by Crippen LogP contribution is 2.25. The van der Waals surface area contributed by atoms with Crippen LogP contribution in [0, 0.1) is 0 Å². The molecule has 0 radical (unpaired) electrons. The highest BCUT2D eigenvalue weighted by atomic mass is 16.5. The smallest absolute Gasteiger partial charge is 0.259 e. The number of aromatic nitrogens is 2. The number of fused-ring (bicyclic) bond motifs is 1. The van der Waals surface area contributed by atoms with Crippen molar-refractivity contribution in [3.05, 3.63) is 70.9 Å². The van der Waals surface area contributed by atoms with Gasteiger partial charge in [0.15, 0.2) is 0 Å². The fourth-order valence-corrected chi connectivity index (χ4v) is 2.78. The van der Waals surface area contributed by atoms with Gasteiger partial charge in [-0.25, -0.2) is 0 Å². The summed E-state index contributed by atoms with van der Waals surface area (Å²) in [5.41, 5.74) is 1.36. The number of hydrogen-bond acceptors (Lipinski definition) is 3. The van der Waals surface area contributed by atoms with Crippen LogP contribution in [0.2, 0.25) is 0 Å². The zero-order chi connectivity index (χ0) is 17.9. The molecule has 0 aliphatic rings. The van der Waals surface area contributed by atoms with E-state index in [2.05, 4.69) is 37.9 Å². The molecule has 1 aromatic carbocycles. The minimum absolute atomic E-state index is 0.000305. The number of nitrogens with zero attached hydrogens (tertiary/aromatic N) is 2. The number of aryl methyl sites for hydroxylation is 1. The van der Waals surface area contributed by atoms with Crippen LogP contribution in [-0.4, -0.2) is 16.2 Å². The molecule has 3 rings (SSSR count). The maximum Gasteiger partial charge on any atom is 0.259 e. The Hall–Kier alpha value is -2.62. The van der Waals surface area contributed by atoms with Crippen LogP contribution < -0.4 is 10.3 Å². The van der Waals surface area contributed by atoms with Gasteiger partial charge in [-0.2, -0.15) is 0 Å². The van der Waals surface area contributed by atoms with Crippen LogP contribution in [0.3, 0.4) is 0 Å². The minimum Gasteiger partial charge on any atom is -0.494 e. The van der Waals surface area contributed by atoms with Gasteiger partial charge >= 0.3 is 0 Å². The number of rotatable bonds is 5. The lowest BCUT2D eigenvalue weighted by Gasteiger charge is -2.19. The molecule has 0 bridgehead atoms. The molecule has 0 unspecified atom stereocenters. The van der Waals surface area contributed by atoms with E-state index in [4.69, 9.17) is 4.74 Å². The van der Waals surface area contributed by atoms with E-state index in [1.54, 1.807) is 17.0 Å². The summed E-state index contributed by atoms with van der Waals surface area (Å²) in [5, 5.41) is 1.58. The summed E-state index contributed by atoms with van der Waals surface area (Å²) in [4.78, 5) is 16.5. The highest BCUT2D eigenvalue weighted by Gasteiger charge is 2.13. The molecule has 0 atom stereocenters. The van der Waals surface area contributed by atoms with Crippen LogP contribution in [0.4, 0.5) is 0 Å². The van der Waals surface area contributed by atoms with Gasteiger partial charge in [-0.3, -0.25) is 9.78 Å². The van der Waals surface area contributed by atoms with Crippen molar-refractivity contribution in [1.29, 1.82) is 0 Å². The SMILES string of the molecule is CC(C)(C)c1cccc(OCCCn2ccc3ccncc3c2=O)c1. The third-order valence-electron chi connectivity index (χ3n) is 4.29. The van der Waals surface area contributed by atoms with Gasteiger partial charge in [-0.05, 0) is 47.1 Å². The van der Waals surface area contributed by atoms with Gasteiger partial charge in [0.1, 0.15) is 5.75 Å². The van der Waals surface area contributed by atoms with Crippen molar-refractivity contribution in [3.63, 3.8) is 0 Å². The van der Waals surface area contributed by atoms with Gasteiger partial charge in [-0.1, -0.05) is 32.9 Å². The van der Waals surface area contributed by atoms with Crippen molar-refractivity contribution in [2.45, 2.75) is 39.2 Å². The molecule has 0 spiro atoms. The molecular formula is C21H24N2O2. The fraction of sp³-hybridized carbons (Fsp3) is 0.333. The molecule has 0 N–H and O–H groups in total. The Morgan fingerprint density at radius 1 is 1.16 bits per heavy atom. The average Bonchev–Trinajstić information content (AvgIpc) is 2.60. The number of ether oxygens (including phenoxy) is 1. The first-order valence-corrected chi connectivity index (χ1v) is 8.62. The lowest BCUT2D eigenvalue weighted by Crippen LogP contribution is -2.20. The molecule has 4 heteroatoms. The molecule has 130 valence electrons. The minimum atomic E-state index is 0.000305. The normalized spacial score (nSPS) is 11.6. The van der Waals surface area contributed by atoms with Gasteiger partial charge in [0.2, 0.25) is 0 Å². The Labute approximate surface area is 148 Å². The monoisotopic (exact) mass is 336 g/mol. The summed E-state index contributed by atoms with van der Waals surface area (Å²) >= 11 is 0. The first-order chi connectivity index (χ1) is 11.9. The summed E-state index contributed by atoms with van der Waals surface area (Å²) in [6.45, 7) is 7.76. The number of pyridine rings is 2. The number of hydrogen-bond donors (Lipinski definition) is 0. The summed E-state index contributed by atoms with van der Waals surface area (Å²) in [6.07, 6.45) is 5.94. The van der Waals surface area contributed by atoms with Crippen LogP contribution in [0.15, 0.2) is 59.8 Å². The van der Waals surface area contributed by atoms with Crippen molar-refractivity contribution >= 4 is 10.8 Å². The van der Waals surface area contributed by atoms with E-state index in [0.29, 0.717) is 18.5 Å². The van der Waals surface area contributed by atoms with Crippen LogP contribution in [-0.2, 0) is 12.0 Å². The third-order valence-corrected chi connectivity index (χ3v) is 4.29. The zero-order valence-electron chi connectivity index (χ0n) is 15.0. The van der Waals surface area contributed by atoms with Gasteiger partial charge in [0.05, 0.1) is 12.0 Å². The summed E-state index contributed by atoms with van der Waals surface area (Å²) in [6, 6.07) is 12.0. The second kappa shape index (κ2) is 7.09. The first kappa shape index (κ1) is 17.2. The molecule has 0 amide bonds. The van der Waals surface area contributed by atoms with Crippen molar-refractivity contribution in [2.24, 2.45) is 0 Å². The van der Waals surface area contributed by atoms with E-state index < -0.39 is 0 Å². The Morgan fingerprint density at radius 3 is 2.80 bits per heavy atom. The Bertz CT molecular complexity index is 923. The van der Waals surface area contributed by atoms with Crippen LogP contribution in [0.5, 0.6) is 5.75 Å². The van der Waals surface area contributed by atoms with Crippen molar-refractivity contribution in [3.8, 4) is 5.75 Å². The van der Waals surface area contributed by atoms with E-state index in [-0.39, 0.29) is 11.0 Å². The van der Waals surface area contributed by atoms with Crippen LogP contribution >= 0.6 is 0 Å². The van der Waals surface area contributed by atoms with Gasteiger partial charge < -0.3 is 9.30 Å². The van der Waals surface area contributed by atoms with Crippen molar-refractivity contribution in [1.82, 2.24) is 9.55 Å². The Balaban J connectivity index is 1.61. The third kappa shape index (κ3) is 4.08. The lowest BCUT2D eigenvalue weighted by atomic mass is 9.87. The summed E-state index contributed by atoms with van der Waals surface area (Å²) in [7, 11) is 0. The van der Waals surface area contributed by atoms with Gasteiger partial charge in [0, 0.05) is 25.1 Å². The van der Waals surface area contributed by atoms with Gasteiger partial charge in [0.25, 0.3) is 5.56 Å². The van der Waals surface area contributed by atoms with Crippen LogP contribution in [0.25, 0.3) is 10.8 Å². The summed E-state index contributed by atoms with van der Waals surface area (Å²) < 4.78 is 7.58. The predicted molar refractivity (Wildman–Crippen MR) is 101 cm³/mol. The molecule has 0 aliphatic carbocycles. The van der Waals surface area contributed by atoms with E-state index in [9.17, 15) is 4.79 Å². The van der Waals surface area contributed by atoms with E-state index in [0.717, 1.165) is 17.6 Å². The summed E-state index contributed by atoms with van der Waals surface area (Å²) in [5.74, 6) is 0.877. The van der Waals surface area contributed by atoms with Gasteiger partial charge in [-0.15, -0.1) is 0 Å². The molecule has 0 saturated heterocycles. The molecule has 0 aliphatic heterocycles. The Morgan fingerprint density at radius 2 is 2.00 bits per heavy atom. The van der Waals surface area contributed by atoms with Crippen LogP contribution in [0.1, 0.15) is 32.8 Å². The molecule has 4 nitrogen and oxygen atoms in total. The first-order valence-electron chi connectivity index (χ1n) is 8.62. The molecule has 0 saturated carbocycles. The average molecular weight is 336 g/mol. The second-order valence-corrected chi connectivity index (χ2v) is 7.26. The maximum absolute atomic E-state index is 12.4. The molecule has 3 aromatic rings. The molecule has 25 heavy (non-hydrogen) atoms. The Kier molecular flexibility index (Phi) is 4.88. The molecular weight excluding hydrogens is 312 g/mol. The molecule has 2 heterocycles. The predicted octanol–water partition coefficient (Wildman–Crippen LogP) is 4.16. The lowest BCUT2D eigenvalue weighted by molar-refractivity contribution is 0.300. The van der Waals surface area contributed by atoms with Crippen molar-refractivity contribution in [2.75, 3.05) is 6.61 Å². The van der Waals surface area contributed by atoms with E-state index in [1.165, 1.54) is 5.56 Å². The maximum atomic E-state index is 12.4.